The molecule has 0 aliphatic rings. The monoisotopic (exact) mass is 317 g/mol. The lowest BCUT2D eigenvalue weighted by molar-refractivity contribution is 0.101. The minimum absolute atomic E-state index is 0.0907. The molecule has 1 N–H and O–H groups in total. The third-order valence-electron chi connectivity index (χ3n) is 4.72. The molecule has 0 unspecified atom stereocenters. The van der Waals surface area contributed by atoms with Crippen molar-refractivity contribution in [3.63, 3.8) is 0 Å². The van der Waals surface area contributed by atoms with Gasteiger partial charge in [-0.3, -0.25) is 4.79 Å². The predicted molar refractivity (Wildman–Crippen MR) is 98.5 cm³/mol. The summed E-state index contributed by atoms with van der Waals surface area (Å²) in [6.45, 7) is 1.99. The minimum atomic E-state index is -0.0907. The highest BCUT2D eigenvalue weighted by Gasteiger charge is 2.19. The second-order valence-electron chi connectivity index (χ2n) is 6.17. The van der Waals surface area contributed by atoms with Crippen molar-refractivity contribution in [1.29, 1.82) is 0 Å². The Labute approximate surface area is 140 Å². The smallest absolute Gasteiger partial charge is 0.272 e. The molecule has 2 heterocycles. The van der Waals surface area contributed by atoms with Crippen LogP contribution in [0.5, 0.6) is 0 Å². The van der Waals surface area contributed by atoms with Crippen molar-refractivity contribution in [3.8, 4) is 0 Å². The molecule has 2 aromatic heterocycles. The third-order valence-corrected chi connectivity index (χ3v) is 4.72. The number of rotatable bonds is 2. The van der Waals surface area contributed by atoms with Crippen molar-refractivity contribution in [3.05, 3.63) is 65.9 Å². The first-order valence-corrected chi connectivity index (χ1v) is 7.98. The summed E-state index contributed by atoms with van der Waals surface area (Å²) in [5, 5.41) is 4.18. The van der Waals surface area contributed by atoms with Crippen molar-refractivity contribution in [2.45, 2.75) is 6.92 Å². The number of nitrogens with one attached hydrogen (secondary N) is 1. The first-order valence-electron chi connectivity index (χ1n) is 7.98. The Kier molecular flexibility index (Phi) is 3.20. The van der Waals surface area contributed by atoms with Crippen LogP contribution in [0.4, 0.5) is 5.69 Å². The van der Waals surface area contributed by atoms with Crippen LogP contribution in [0.1, 0.15) is 16.1 Å². The van der Waals surface area contributed by atoms with Gasteiger partial charge in [0, 0.05) is 25.2 Å². The fraction of sp³-hybridized carbons (Fsp3) is 0.150. The van der Waals surface area contributed by atoms with Gasteiger partial charge in [0.2, 0.25) is 0 Å². The highest BCUT2D eigenvalue weighted by atomic mass is 16.1. The van der Waals surface area contributed by atoms with Crippen LogP contribution in [0.2, 0.25) is 0 Å². The Hall–Kier alpha value is -3.01. The van der Waals surface area contributed by atoms with E-state index in [1.165, 1.54) is 5.52 Å². The number of anilines is 1. The summed E-state index contributed by atoms with van der Waals surface area (Å²) in [6.07, 6.45) is 0. The summed E-state index contributed by atoms with van der Waals surface area (Å²) in [5.41, 5.74) is 5.87. The van der Waals surface area contributed by atoms with E-state index in [-0.39, 0.29) is 5.91 Å². The number of benzene rings is 2. The number of nitrogens with zero attached hydrogens (tertiary/aromatic N) is 2. The molecule has 0 spiro atoms. The molecule has 0 fully saturated rings. The van der Waals surface area contributed by atoms with Crippen LogP contribution in [0.25, 0.3) is 21.9 Å². The minimum Gasteiger partial charge on any atom is -0.342 e. The molecule has 120 valence electrons. The molecule has 0 saturated heterocycles. The fourth-order valence-electron chi connectivity index (χ4n) is 3.37. The van der Waals surface area contributed by atoms with E-state index in [4.69, 9.17) is 0 Å². The van der Waals surface area contributed by atoms with Gasteiger partial charge in [0.15, 0.2) is 0 Å². The summed E-state index contributed by atoms with van der Waals surface area (Å²) < 4.78 is 4.11. The highest BCUT2D eigenvalue weighted by Crippen LogP contribution is 2.30. The third kappa shape index (κ3) is 2.03. The number of carbonyl (C=O) groups is 1. The number of para-hydroxylation sites is 2. The topological polar surface area (TPSA) is 39.0 Å². The van der Waals surface area contributed by atoms with Crippen molar-refractivity contribution in [2.75, 3.05) is 5.32 Å². The average molecular weight is 317 g/mol. The zero-order valence-electron chi connectivity index (χ0n) is 14.0. The number of hydrogen-bond donors (Lipinski definition) is 1. The van der Waals surface area contributed by atoms with E-state index in [2.05, 4.69) is 22.0 Å². The molecule has 2 aromatic carbocycles. The molecular weight excluding hydrogens is 298 g/mol. The van der Waals surface area contributed by atoms with Crippen LogP contribution in [-0.4, -0.2) is 15.0 Å². The maximum atomic E-state index is 12.8. The average Bonchev–Trinajstić information content (AvgIpc) is 3.07. The Morgan fingerprint density at radius 2 is 1.62 bits per heavy atom. The molecule has 0 bridgehead atoms. The van der Waals surface area contributed by atoms with E-state index in [1.807, 2.05) is 68.1 Å². The van der Waals surface area contributed by atoms with E-state index >= 15 is 0 Å². The van der Waals surface area contributed by atoms with E-state index in [0.717, 1.165) is 27.7 Å². The van der Waals surface area contributed by atoms with Crippen LogP contribution in [-0.2, 0) is 14.1 Å². The van der Waals surface area contributed by atoms with Crippen LogP contribution >= 0.6 is 0 Å². The molecule has 0 aliphatic heterocycles. The maximum Gasteiger partial charge on any atom is 0.272 e. The SMILES string of the molecule is Cc1ccccc1NC(=O)c1cc2c(c3ccccc3n2C)n1C. The van der Waals surface area contributed by atoms with Gasteiger partial charge in [-0.15, -0.1) is 0 Å². The first-order chi connectivity index (χ1) is 11.6. The van der Waals surface area contributed by atoms with Gasteiger partial charge < -0.3 is 14.5 Å². The predicted octanol–water partition coefficient (Wildman–Crippen LogP) is 4.23. The second-order valence-corrected chi connectivity index (χ2v) is 6.17. The Morgan fingerprint density at radius 3 is 2.42 bits per heavy atom. The molecular formula is C20H19N3O. The van der Waals surface area contributed by atoms with Crippen molar-refractivity contribution in [1.82, 2.24) is 9.13 Å². The number of aryl methyl sites for hydroxylation is 3. The van der Waals surface area contributed by atoms with Gasteiger partial charge in [-0.2, -0.15) is 0 Å². The lowest BCUT2D eigenvalue weighted by atomic mass is 10.2. The molecule has 24 heavy (non-hydrogen) atoms. The van der Waals surface area contributed by atoms with Crippen molar-refractivity contribution < 1.29 is 4.79 Å². The van der Waals surface area contributed by atoms with E-state index in [0.29, 0.717) is 5.69 Å². The zero-order valence-corrected chi connectivity index (χ0v) is 14.0. The summed E-state index contributed by atoms with van der Waals surface area (Å²) in [6, 6.07) is 18.0. The van der Waals surface area contributed by atoms with Gasteiger partial charge in [0.05, 0.1) is 16.6 Å². The first kappa shape index (κ1) is 14.6. The van der Waals surface area contributed by atoms with Gasteiger partial charge in [-0.25, -0.2) is 0 Å². The van der Waals surface area contributed by atoms with Gasteiger partial charge in [-0.1, -0.05) is 36.4 Å². The Morgan fingerprint density at radius 1 is 0.917 bits per heavy atom. The lowest BCUT2D eigenvalue weighted by Crippen LogP contribution is -2.16. The molecule has 0 aliphatic carbocycles. The summed E-state index contributed by atoms with van der Waals surface area (Å²) in [7, 11) is 3.98. The molecule has 4 rings (SSSR count). The molecule has 0 atom stereocenters. The van der Waals surface area contributed by atoms with E-state index < -0.39 is 0 Å². The van der Waals surface area contributed by atoms with Crippen molar-refractivity contribution >= 4 is 33.5 Å². The Bertz CT molecular complexity index is 1090. The van der Waals surface area contributed by atoms with Gasteiger partial charge in [0.25, 0.3) is 5.91 Å². The number of aromatic nitrogens is 2. The van der Waals surface area contributed by atoms with Gasteiger partial charge in [0.1, 0.15) is 5.69 Å². The normalized spacial score (nSPS) is 11.3. The molecule has 4 nitrogen and oxygen atoms in total. The number of hydrogen-bond acceptors (Lipinski definition) is 1. The van der Waals surface area contributed by atoms with Gasteiger partial charge >= 0.3 is 0 Å². The molecule has 4 aromatic rings. The quantitative estimate of drug-likeness (QED) is 0.590. The van der Waals surface area contributed by atoms with Crippen LogP contribution in [0.15, 0.2) is 54.6 Å². The fourth-order valence-corrected chi connectivity index (χ4v) is 3.37. The maximum absolute atomic E-state index is 12.8. The standard InChI is InChI=1S/C20H19N3O/c1-13-8-4-6-10-15(13)21-20(24)18-12-17-19(23(18)3)14-9-5-7-11-16(14)22(17)2/h4-12H,1-3H3,(H,21,24). The summed E-state index contributed by atoms with van der Waals surface area (Å²) in [4.78, 5) is 12.8. The number of carbonyl (C=O) groups excluding carboxylic acids is 1. The molecule has 1 amide bonds. The summed E-state index contributed by atoms with van der Waals surface area (Å²) in [5.74, 6) is -0.0907. The molecule has 0 saturated carbocycles. The summed E-state index contributed by atoms with van der Waals surface area (Å²) >= 11 is 0. The van der Waals surface area contributed by atoms with E-state index in [9.17, 15) is 4.79 Å². The number of fused-ring (bicyclic) bond motifs is 3. The van der Waals surface area contributed by atoms with Gasteiger partial charge in [-0.05, 0) is 30.7 Å². The molecule has 4 heteroatoms. The highest BCUT2D eigenvalue weighted by molar-refractivity contribution is 6.12. The Balaban J connectivity index is 1.83. The van der Waals surface area contributed by atoms with E-state index in [1.54, 1.807) is 0 Å². The molecule has 0 radical (unpaired) electrons. The van der Waals surface area contributed by atoms with Crippen LogP contribution in [0.3, 0.4) is 0 Å². The number of amides is 1. The van der Waals surface area contributed by atoms with Crippen LogP contribution < -0.4 is 5.32 Å². The van der Waals surface area contributed by atoms with Crippen molar-refractivity contribution in [2.24, 2.45) is 14.1 Å². The zero-order chi connectivity index (χ0) is 16.8. The van der Waals surface area contributed by atoms with Crippen LogP contribution in [0, 0.1) is 6.92 Å². The second kappa shape index (κ2) is 5.27. The lowest BCUT2D eigenvalue weighted by Gasteiger charge is -2.09. The largest absolute Gasteiger partial charge is 0.342 e.